The lowest BCUT2D eigenvalue weighted by molar-refractivity contribution is 0.509. The van der Waals surface area contributed by atoms with Crippen LogP contribution in [0.5, 0.6) is 0 Å². The maximum absolute atomic E-state index is 1.84. The van der Waals surface area contributed by atoms with E-state index >= 15 is 0 Å². The monoisotopic (exact) mass is 211 g/mol. The fraction of sp³-hybridized carbons (Fsp3) is 1.00. The van der Waals surface area contributed by atoms with Crippen LogP contribution in [0.15, 0.2) is 0 Å². The number of hydrogen-bond donors (Lipinski definition) is 0. The van der Waals surface area contributed by atoms with Gasteiger partial charge in [-0.2, -0.15) is 0 Å². The highest BCUT2D eigenvalue weighted by atomic mass is 31.1. The van der Waals surface area contributed by atoms with Crippen LogP contribution in [-0.4, -0.2) is 11.3 Å². The normalized spacial score (nSPS) is 28.3. The van der Waals surface area contributed by atoms with Gasteiger partial charge in [0.25, 0.3) is 0 Å². The third-order valence-electron chi connectivity index (χ3n) is 3.82. The molecule has 0 heterocycles. The smallest absolute Gasteiger partial charge is 0.0168 e. The molecule has 0 saturated heterocycles. The molecule has 0 bridgehead atoms. The second kappa shape index (κ2) is 6.11. The average molecular weight is 211 g/mol. The van der Waals surface area contributed by atoms with Crippen LogP contribution in [0.3, 0.4) is 0 Å². The Balaban J connectivity index is 1.70. The van der Waals surface area contributed by atoms with Crippen LogP contribution >= 0.6 is 8.58 Å². The summed E-state index contributed by atoms with van der Waals surface area (Å²) in [7, 11) is 1.84. The molecule has 2 fully saturated rings. The van der Waals surface area contributed by atoms with E-state index in [4.69, 9.17) is 0 Å². The van der Waals surface area contributed by atoms with E-state index in [0.29, 0.717) is 0 Å². The van der Waals surface area contributed by atoms with Gasteiger partial charge in [0.1, 0.15) is 0 Å². The van der Waals surface area contributed by atoms with Crippen molar-refractivity contribution in [1.29, 1.82) is 0 Å². The van der Waals surface area contributed by atoms with Gasteiger partial charge in [0.2, 0.25) is 0 Å². The van der Waals surface area contributed by atoms with E-state index in [2.05, 4.69) is 0 Å². The Labute approximate surface area is 91.0 Å². The largest absolute Gasteiger partial charge is 0.0741 e. The van der Waals surface area contributed by atoms with Crippen LogP contribution < -0.4 is 0 Å². The molecule has 0 unspecified atom stereocenters. The summed E-state index contributed by atoms with van der Waals surface area (Å²) in [6, 6.07) is 0. The second-order valence-corrected chi connectivity index (χ2v) is 6.85. The number of hydrogen-bond acceptors (Lipinski definition) is 0. The van der Waals surface area contributed by atoms with Gasteiger partial charge in [-0.15, -0.1) is 0 Å². The van der Waals surface area contributed by atoms with Gasteiger partial charge in [-0.1, -0.05) is 53.5 Å². The van der Waals surface area contributed by atoms with E-state index in [1.54, 1.807) is 0 Å². The van der Waals surface area contributed by atoms with E-state index in [1.165, 1.54) is 70.6 Å². The van der Waals surface area contributed by atoms with Gasteiger partial charge in [0.05, 0.1) is 0 Å². The summed E-state index contributed by atoms with van der Waals surface area (Å²) in [5, 5.41) is 0. The summed E-state index contributed by atoms with van der Waals surface area (Å²) in [6.07, 6.45) is 16.8. The minimum absolute atomic E-state index is 1.08. The van der Waals surface area contributed by atoms with Gasteiger partial charge < -0.3 is 0 Å². The standard InChI is InChI=1S/C13H24P/c1-2-4-8-12(9-5-3-1)14-13-10-6-7-11-13/h12-13H,1-11H2. The third kappa shape index (κ3) is 3.54. The Morgan fingerprint density at radius 1 is 0.500 bits per heavy atom. The maximum atomic E-state index is 1.84. The molecular weight excluding hydrogens is 187 g/mol. The van der Waals surface area contributed by atoms with Crippen LogP contribution in [0.25, 0.3) is 0 Å². The van der Waals surface area contributed by atoms with Gasteiger partial charge in [-0.05, 0) is 37.0 Å². The lowest BCUT2D eigenvalue weighted by atomic mass is 10.0. The molecule has 0 atom stereocenters. The van der Waals surface area contributed by atoms with Crippen LogP contribution in [0.4, 0.5) is 0 Å². The summed E-state index contributed by atoms with van der Waals surface area (Å²) in [4.78, 5) is 0. The zero-order chi connectivity index (χ0) is 9.64. The molecule has 0 N–H and O–H groups in total. The molecule has 1 radical (unpaired) electrons. The van der Waals surface area contributed by atoms with Crippen molar-refractivity contribution in [2.75, 3.05) is 0 Å². The fourth-order valence-corrected chi connectivity index (χ4v) is 4.86. The summed E-state index contributed by atoms with van der Waals surface area (Å²) < 4.78 is 0. The lowest BCUT2D eigenvalue weighted by Crippen LogP contribution is -2.08. The number of rotatable bonds is 2. The SMILES string of the molecule is C1CCCC([P]C2CCCC2)CCC1. The lowest BCUT2D eigenvalue weighted by Gasteiger charge is -2.21. The predicted molar refractivity (Wildman–Crippen MR) is 65.3 cm³/mol. The van der Waals surface area contributed by atoms with Crippen LogP contribution in [0.1, 0.15) is 70.6 Å². The third-order valence-corrected chi connectivity index (χ3v) is 5.70. The van der Waals surface area contributed by atoms with E-state index in [-0.39, 0.29) is 0 Å². The molecule has 0 aromatic carbocycles. The molecule has 0 nitrogen and oxygen atoms in total. The van der Waals surface area contributed by atoms with Crippen molar-refractivity contribution >= 4 is 8.58 Å². The molecule has 0 amide bonds. The van der Waals surface area contributed by atoms with Crippen molar-refractivity contribution in [2.45, 2.75) is 81.9 Å². The molecular formula is C13H24P. The van der Waals surface area contributed by atoms with E-state index < -0.39 is 0 Å². The molecule has 14 heavy (non-hydrogen) atoms. The quantitative estimate of drug-likeness (QED) is 0.564. The van der Waals surface area contributed by atoms with Gasteiger partial charge in [0, 0.05) is 0 Å². The van der Waals surface area contributed by atoms with Gasteiger partial charge >= 0.3 is 0 Å². The summed E-state index contributed by atoms with van der Waals surface area (Å²) in [5.74, 6) is 0. The summed E-state index contributed by atoms with van der Waals surface area (Å²) in [5.41, 5.74) is 2.18. The fourth-order valence-electron chi connectivity index (χ4n) is 2.94. The van der Waals surface area contributed by atoms with Crippen molar-refractivity contribution < 1.29 is 0 Å². The van der Waals surface area contributed by atoms with Crippen LogP contribution in [0, 0.1) is 0 Å². The van der Waals surface area contributed by atoms with Crippen molar-refractivity contribution in [1.82, 2.24) is 0 Å². The average Bonchev–Trinajstić information content (AvgIpc) is 2.62. The molecule has 81 valence electrons. The topological polar surface area (TPSA) is 0 Å². The van der Waals surface area contributed by atoms with Gasteiger partial charge in [-0.3, -0.25) is 0 Å². The molecule has 2 aliphatic rings. The second-order valence-electron chi connectivity index (χ2n) is 5.09. The molecule has 2 rings (SSSR count). The Morgan fingerprint density at radius 2 is 0.857 bits per heavy atom. The van der Waals surface area contributed by atoms with E-state index in [9.17, 15) is 0 Å². The maximum Gasteiger partial charge on any atom is -0.0168 e. The first kappa shape index (κ1) is 10.9. The highest BCUT2D eigenvalue weighted by Gasteiger charge is 2.20. The molecule has 2 aliphatic carbocycles. The predicted octanol–water partition coefficient (Wildman–Crippen LogP) is 4.99. The Bertz CT molecular complexity index is 141. The van der Waals surface area contributed by atoms with Gasteiger partial charge in [0.15, 0.2) is 0 Å². The first-order valence-electron chi connectivity index (χ1n) is 6.65. The zero-order valence-corrected chi connectivity index (χ0v) is 10.3. The Morgan fingerprint density at radius 3 is 1.36 bits per heavy atom. The Hall–Kier alpha value is 0.430. The molecule has 0 aliphatic heterocycles. The minimum Gasteiger partial charge on any atom is -0.0741 e. The highest BCUT2D eigenvalue weighted by molar-refractivity contribution is 7.39. The van der Waals surface area contributed by atoms with Gasteiger partial charge in [-0.25, -0.2) is 0 Å². The minimum atomic E-state index is 1.08. The van der Waals surface area contributed by atoms with Crippen molar-refractivity contribution in [3.8, 4) is 0 Å². The molecule has 1 heteroatoms. The first-order chi connectivity index (χ1) is 6.95. The highest BCUT2D eigenvalue weighted by Crippen LogP contribution is 2.41. The molecule has 0 spiro atoms. The van der Waals surface area contributed by atoms with Crippen molar-refractivity contribution in [2.24, 2.45) is 0 Å². The van der Waals surface area contributed by atoms with Crippen molar-refractivity contribution in [3.05, 3.63) is 0 Å². The van der Waals surface area contributed by atoms with E-state index in [1.807, 2.05) is 8.58 Å². The first-order valence-corrected chi connectivity index (χ1v) is 7.68. The molecule has 0 aromatic heterocycles. The van der Waals surface area contributed by atoms with E-state index in [0.717, 1.165) is 11.3 Å². The Kier molecular flexibility index (Phi) is 4.77. The zero-order valence-electron chi connectivity index (χ0n) is 9.38. The molecule has 2 saturated carbocycles. The van der Waals surface area contributed by atoms with Crippen LogP contribution in [-0.2, 0) is 0 Å². The summed E-state index contributed by atoms with van der Waals surface area (Å²) >= 11 is 0. The van der Waals surface area contributed by atoms with Crippen molar-refractivity contribution in [3.63, 3.8) is 0 Å². The summed E-state index contributed by atoms with van der Waals surface area (Å²) in [6.45, 7) is 0. The van der Waals surface area contributed by atoms with Crippen LogP contribution in [0.2, 0.25) is 0 Å². The molecule has 0 aromatic rings.